The summed E-state index contributed by atoms with van der Waals surface area (Å²) < 4.78 is 28.9. The molecule has 8 heteroatoms. The quantitative estimate of drug-likeness (QED) is 0.325. The molecule has 160 valence electrons. The Hall–Kier alpha value is -2.77. The Morgan fingerprint density at radius 2 is 1.83 bits per heavy atom. The van der Waals surface area contributed by atoms with Crippen molar-refractivity contribution in [3.63, 3.8) is 0 Å². The standard InChI is InChI=1S/C22H27N3O5/c1-22(2)29-15-20(30-22)21(28-13-16-7-5-4-6-8-16)19(24-25-23)14-27-18-11-9-17(26-3)10-12-18/h4-12,19-21H,13-15H2,1-3H3/t19-,20-,21-/m0/s1. The fraction of sp³-hybridized carbons (Fsp3) is 0.455. The Bertz CT molecular complexity index is 838. The molecule has 1 saturated heterocycles. The molecule has 8 nitrogen and oxygen atoms in total. The molecule has 3 atom stereocenters. The predicted molar refractivity (Wildman–Crippen MR) is 111 cm³/mol. The largest absolute Gasteiger partial charge is 0.497 e. The van der Waals surface area contributed by atoms with E-state index in [1.807, 2.05) is 44.2 Å². The predicted octanol–water partition coefficient (Wildman–Crippen LogP) is 4.49. The highest BCUT2D eigenvalue weighted by Gasteiger charge is 2.41. The number of ether oxygens (including phenoxy) is 5. The lowest BCUT2D eigenvalue weighted by Gasteiger charge is -2.29. The molecule has 3 rings (SSSR count). The summed E-state index contributed by atoms with van der Waals surface area (Å²) >= 11 is 0. The molecule has 0 unspecified atom stereocenters. The van der Waals surface area contributed by atoms with Gasteiger partial charge in [-0.1, -0.05) is 35.4 Å². The summed E-state index contributed by atoms with van der Waals surface area (Å²) in [5.41, 5.74) is 10.2. The van der Waals surface area contributed by atoms with E-state index < -0.39 is 24.0 Å². The summed E-state index contributed by atoms with van der Waals surface area (Å²) in [6.45, 7) is 4.52. The van der Waals surface area contributed by atoms with Crippen molar-refractivity contribution < 1.29 is 23.7 Å². The van der Waals surface area contributed by atoms with E-state index in [-0.39, 0.29) is 6.61 Å². The van der Waals surface area contributed by atoms with E-state index in [4.69, 9.17) is 29.2 Å². The fourth-order valence-corrected chi connectivity index (χ4v) is 3.22. The summed E-state index contributed by atoms with van der Waals surface area (Å²) in [5, 5.41) is 3.95. The minimum atomic E-state index is -0.725. The number of azide groups is 1. The molecule has 2 aromatic rings. The maximum absolute atomic E-state index is 9.14. The number of hydrogen-bond donors (Lipinski definition) is 0. The van der Waals surface area contributed by atoms with E-state index >= 15 is 0 Å². The van der Waals surface area contributed by atoms with Crippen molar-refractivity contribution in [3.8, 4) is 11.5 Å². The fourth-order valence-electron chi connectivity index (χ4n) is 3.22. The van der Waals surface area contributed by atoms with Crippen LogP contribution in [0.3, 0.4) is 0 Å². The maximum atomic E-state index is 9.14. The molecule has 0 bridgehead atoms. The zero-order valence-electron chi connectivity index (χ0n) is 17.4. The van der Waals surface area contributed by atoms with Gasteiger partial charge in [0.05, 0.1) is 33.0 Å². The van der Waals surface area contributed by atoms with E-state index in [1.54, 1.807) is 31.4 Å². The van der Waals surface area contributed by atoms with Gasteiger partial charge in [-0.15, -0.1) is 0 Å². The summed E-state index contributed by atoms with van der Waals surface area (Å²) in [5.74, 6) is 0.646. The van der Waals surface area contributed by atoms with Crippen molar-refractivity contribution in [2.45, 2.75) is 44.5 Å². The average molecular weight is 413 g/mol. The SMILES string of the molecule is COc1ccc(OC[C@H](N=[N+]=[N-])[C@H](OCc2ccccc2)[C@@H]2COC(C)(C)O2)cc1. The smallest absolute Gasteiger partial charge is 0.163 e. The van der Waals surface area contributed by atoms with E-state index in [2.05, 4.69) is 10.0 Å². The van der Waals surface area contributed by atoms with Crippen LogP contribution in [0.2, 0.25) is 0 Å². The summed E-state index contributed by atoms with van der Waals surface area (Å²) in [7, 11) is 1.60. The van der Waals surface area contributed by atoms with Gasteiger partial charge in [-0.2, -0.15) is 0 Å². The van der Waals surface area contributed by atoms with Crippen LogP contribution >= 0.6 is 0 Å². The molecule has 2 aromatic carbocycles. The van der Waals surface area contributed by atoms with Gasteiger partial charge in [0.15, 0.2) is 5.79 Å². The monoisotopic (exact) mass is 413 g/mol. The van der Waals surface area contributed by atoms with Crippen LogP contribution in [0.15, 0.2) is 59.7 Å². The van der Waals surface area contributed by atoms with Gasteiger partial charge in [0, 0.05) is 4.91 Å². The molecule has 0 spiro atoms. The van der Waals surface area contributed by atoms with Gasteiger partial charge >= 0.3 is 0 Å². The first-order valence-corrected chi connectivity index (χ1v) is 9.79. The van der Waals surface area contributed by atoms with Crippen LogP contribution in [0.25, 0.3) is 10.4 Å². The van der Waals surface area contributed by atoms with E-state index in [0.29, 0.717) is 19.0 Å². The Balaban J connectivity index is 1.73. The number of hydrogen-bond acceptors (Lipinski definition) is 6. The minimum Gasteiger partial charge on any atom is -0.497 e. The summed E-state index contributed by atoms with van der Waals surface area (Å²) in [6.07, 6.45) is -0.931. The van der Waals surface area contributed by atoms with Gasteiger partial charge in [-0.25, -0.2) is 0 Å². The lowest BCUT2D eigenvalue weighted by atomic mass is 10.1. The molecule has 1 heterocycles. The van der Waals surface area contributed by atoms with Crippen LogP contribution < -0.4 is 9.47 Å². The van der Waals surface area contributed by atoms with Crippen molar-refractivity contribution >= 4 is 0 Å². The highest BCUT2D eigenvalue weighted by atomic mass is 16.7. The van der Waals surface area contributed by atoms with Crippen molar-refractivity contribution in [3.05, 3.63) is 70.6 Å². The third kappa shape index (κ3) is 6.11. The van der Waals surface area contributed by atoms with Crippen molar-refractivity contribution in [2.75, 3.05) is 20.3 Å². The Labute approximate surface area is 176 Å². The normalized spacial score (nSPS) is 19.5. The molecule has 0 radical (unpaired) electrons. The second-order valence-electron chi connectivity index (χ2n) is 7.39. The lowest BCUT2D eigenvalue weighted by Crippen LogP contribution is -2.43. The highest BCUT2D eigenvalue weighted by Crippen LogP contribution is 2.28. The van der Waals surface area contributed by atoms with Crippen molar-refractivity contribution in [2.24, 2.45) is 5.11 Å². The zero-order valence-corrected chi connectivity index (χ0v) is 17.4. The van der Waals surface area contributed by atoms with Crippen LogP contribution in [0.4, 0.5) is 0 Å². The summed E-state index contributed by atoms with van der Waals surface area (Å²) in [4.78, 5) is 3.01. The van der Waals surface area contributed by atoms with Gasteiger partial charge in [-0.05, 0) is 49.2 Å². The Kier molecular flexibility index (Phi) is 7.54. The first kappa shape index (κ1) is 21.9. The van der Waals surface area contributed by atoms with Crippen molar-refractivity contribution in [1.82, 2.24) is 0 Å². The van der Waals surface area contributed by atoms with Gasteiger partial charge in [-0.3, -0.25) is 0 Å². The maximum Gasteiger partial charge on any atom is 0.163 e. The van der Waals surface area contributed by atoms with Crippen LogP contribution in [-0.4, -0.2) is 44.4 Å². The van der Waals surface area contributed by atoms with Gasteiger partial charge in [0.2, 0.25) is 0 Å². The highest BCUT2D eigenvalue weighted by molar-refractivity contribution is 5.31. The molecular formula is C22H27N3O5. The molecule has 30 heavy (non-hydrogen) atoms. The number of methoxy groups -OCH3 is 1. The number of nitrogens with zero attached hydrogens (tertiary/aromatic N) is 3. The van der Waals surface area contributed by atoms with E-state index in [0.717, 1.165) is 11.3 Å². The zero-order chi connectivity index (χ0) is 21.4. The molecule has 1 aliphatic rings. The molecular weight excluding hydrogens is 386 g/mol. The molecule has 0 aromatic heterocycles. The van der Waals surface area contributed by atoms with Gasteiger partial charge in [0.1, 0.15) is 23.6 Å². The third-order valence-electron chi connectivity index (χ3n) is 4.74. The number of rotatable bonds is 10. The molecule has 1 aliphatic heterocycles. The number of benzene rings is 2. The Morgan fingerprint density at radius 1 is 1.13 bits per heavy atom. The molecule has 0 amide bonds. The summed E-state index contributed by atoms with van der Waals surface area (Å²) in [6, 6.07) is 16.4. The first-order valence-electron chi connectivity index (χ1n) is 9.79. The average Bonchev–Trinajstić information content (AvgIpc) is 3.12. The van der Waals surface area contributed by atoms with E-state index in [9.17, 15) is 0 Å². The van der Waals surface area contributed by atoms with Crippen LogP contribution in [0.1, 0.15) is 19.4 Å². The third-order valence-corrected chi connectivity index (χ3v) is 4.74. The topological polar surface area (TPSA) is 94.9 Å². The van der Waals surface area contributed by atoms with Gasteiger partial charge in [0.25, 0.3) is 0 Å². The van der Waals surface area contributed by atoms with E-state index in [1.165, 1.54) is 0 Å². The second-order valence-corrected chi connectivity index (χ2v) is 7.39. The van der Waals surface area contributed by atoms with Crippen molar-refractivity contribution in [1.29, 1.82) is 0 Å². The van der Waals surface area contributed by atoms with Crippen LogP contribution in [-0.2, 0) is 20.8 Å². The molecule has 0 N–H and O–H groups in total. The molecule has 1 fully saturated rings. The first-order chi connectivity index (χ1) is 14.5. The van der Waals surface area contributed by atoms with Gasteiger partial charge < -0.3 is 23.7 Å². The minimum absolute atomic E-state index is 0.135. The molecule has 0 saturated carbocycles. The Morgan fingerprint density at radius 3 is 2.43 bits per heavy atom. The van der Waals surface area contributed by atoms with Crippen LogP contribution in [0, 0.1) is 0 Å². The molecule has 0 aliphatic carbocycles. The second kappa shape index (κ2) is 10.3. The lowest BCUT2D eigenvalue weighted by molar-refractivity contribution is -0.161. The van der Waals surface area contributed by atoms with Crippen LogP contribution in [0.5, 0.6) is 11.5 Å².